The van der Waals surface area contributed by atoms with Crippen molar-refractivity contribution in [2.45, 2.75) is 25.7 Å². The predicted molar refractivity (Wildman–Crippen MR) is 156 cm³/mol. The van der Waals surface area contributed by atoms with Crippen LogP contribution in [0, 0.1) is 12.8 Å². The molecule has 0 unspecified atom stereocenters. The Balaban J connectivity index is 0.000000591. The molecule has 3 heterocycles. The molecule has 1 aliphatic heterocycles. The number of carboxylic acids is 1. The zero-order valence-electron chi connectivity index (χ0n) is 23.6. The van der Waals surface area contributed by atoms with E-state index in [0.29, 0.717) is 22.8 Å². The van der Waals surface area contributed by atoms with E-state index in [9.17, 15) is 32.8 Å². The number of fused-ring (bicyclic) bond motifs is 1. The van der Waals surface area contributed by atoms with Gasteiger partial charge in [0.25, 0.3) is 11.8 Å². The molecule has 2 aromatic heterocycles. The van der Waals surface area contributed by atoms with Gasteiger partial charge in [0, 0.05) is 35.3 Å². The number of nitrogens with one attached hydrogen (secondary N) is 2. The number of thiophene rings is 1. The Hall–Kier alpha value is -5.02. The van der Waals surface area contributed by atoms with E-state index in [2.05, 4.69) is 10.3 Å². The van der Waals surface area contributed by atoms with Crippen LogP contribution in [0.2, 0.25) is 0 Å². The third-order valence-electron chi connectivity index (χ3n) is 6.79. The molecule has 0 aliphatic carbocycles. The smallest absolute Gasteiger partial charge is 0.489 e. The molecule has 3 amide bonds. The van der Waals surface area contributed by atoms with Crippen LogP contribution in [0.25, 0.3) is 10.9 Å². The third-order valence-corrected chi connectivity index (χ3v) is 7.64. The summed E-state index contributed by atoms with van der Waals surface area (Å²) in [5.41, 5.74) is 4.87. The lowest BCUT2D eigenvalue weighted by Gasteiger charge is -2.18. The number of nitrogens with zero attached hydrogens (tertiary/aromatic N) is 2. The number of rotatable bonds is 7. The maximum absolute atomic E-state index is 13.0. The first-order valence-electron chi connectivity index (χ1n) is 13.3. The topological polar surface area (TPSA) is 158 Å². The number of hydrogen-bond acceptors (Lipinski definition) is 8. The highest BCUT2D eigenvalue weighted by molar-refractivity contribution is 7.12. The highest BCUT2D eigenvalue weighted by Crippen LogP contribution is 2.24. The molecule has 1 aliphatic rings. The average molecular weight is 645 g/mol. The van der Waals surface area contributed by atoms with E-state index < -0.39 is 35.9 Å². The summed E-state index contributed by atoms with van der Waals surface area (Å²) in [5.74, 6) is -4.20. The molecular formula is C30H27F3N4O7S. The number of aromatic nitrogens is 1. The Labute approximate surface area is 258 Å². The third kappa shape index (κ3) is 8.33. The first-order chi connectivity index (χ1) is 21.4. The first-order valence-corrected chi connectivity index (χ1v) is 14.2. The van der Waals surface area contributed by atoms with Crippen molar-refractivity contribution < 1.29 is 47.4 Å². The van der Waals surface area contributed by atoms with Gasteiger partial charge < -0.3 is 20.1 Å². The number of ether oxygens (including phenoxy) is 1. The van der Waals surface area contributed by atoms with Crippen LogP contribution >= 0.6 is 11.3 Å². The maximum atomic E-state index is 13.0. The second-order valence-corrected chi connectivity index (χ2v) is 10.9. The molecule has 236 valence electrons. The summed E-state index contributed by atoms with van der Waals surface area (Å²) in [4.78, 5) is 53.5. The normalized spacial score (nSPS) is 16.0. The van der Waals surface area contributed by atoms with Crippen LogP contribution in [-0.4, -0.2) is 69.2 Å². The van der Waals surface area contributed by atoms with Gasteiger partial charge in [-0.2, -0.15) is 13.2 Å². The predicted octanol–water partition coefficient (Wildman–Crippen LogP) is 4.19. The van der Waals surface area contributed by atoms with Crippen molar-refractivity contribution in [3.05, 3.63) is 93.8 Å². The average Bonchev–Trinajstić information content (AvgIpc) is 3.70. The van der Waals surface area contributed by atoms with E-state index in [1.54, 1.807) is 47.3 Å². The molecule has 1 saturated heterocycles. The number of carbonyl (C=O) groups excluding carboxylic acids is 3. The monoisotopic (exact) mass is 644 g/mol. The number of para-hydroxylation sites is 1. The summed E-state index contributed by atoms with van der Waals surface area (Å²) < 4.78 is 37.7. The van der Waals surface area contributed by atoms with Crippen LogP contribution in [0.15, 0.2) is 72.1 Å². The van der Waals surface area contributed by atoms with Crippen molar-refractivity contribution in [3.8, 4) is 5.75 Å². The lowest BCUT2D eigenvalue weighted by molar-refractivity contribution is -0.192. The Morgan fingerprint density at radius 1 is 1.04 bits per heavy atom. The molecule has 11 nitrogen and oxygen atoms in total. The van der Waals surface area contributed by atoms with Crippen molar-refractivity contribution in [3.63, 3.8) is 0 Å². The van der Waals surface area contributed by atoms with Gasteiger partial charge in [0.05, 0.1) is 22.4 Å². The molecule has 2 aromatic carbocycles. The minimum absolute atomic E-state index is 0.0873. The molecule has 0 saturated carbocycles. The van der Waals surface area contributed by atoms with Gasteiger partial charge in [-0.25, -0.2) is 10.3 Å². The van der Waals surface area contributed by atoms with Crippen molar-refractivity contribution in [2.75, 3.05) is 13.1 Å². The van der Waals surface area contributed by atoms with Crippen LogP contribution in [0.3, 0.4) is 0 Å². The molecule has 0 spiro atoms. The maximum Gasteiger partial charge on any atom is 0.490 e. The number of benzene rings is 2. The second-order valence-electron chi connectivity index (χ2n) is 9.91. The number of aliphatic carboxylic acids is 1. The minimum atomic E-state index is -5.08. The number of pyridine rings is 1. The second kappa shape index (κ2) is 14.2. The van der Waals surface area contributed by atoms with Crippen molar-refractivity contribution in [1.82, 2.24) is 20.7 Å². The van der Waals surface area contributed by atoms with E-state index in [-0.39, 0.29) is 19.0 Å². The quantitative estimate of drug-likeness (QED) is 0.172. The number of aryl methyl sites for hydroxylation is 1. The number of carbonyl (C=O) groups is 4. The van der Waals surface area contributed by atoms with E-state index >= 15 is 0 Å². The first kappa shape index (κ1) is 32.9. The Bertz CT molecular complexity index is 1680. The SMILES string of the molecule is Cc1cc(COc2ccc(C(=O)N[C@@H]3CN(C(=O)c4cccs4)C[C@@H]3C(=O)NO)cc2)c2ccccc2n1.O=C(O)C(F)(F)F. The molecule has 15 heteroatoms. The highest BCUT2D eigenvalue weighted by Gasteiger charge is 2.41. The standard InChI is InChI=1S/C28H26N4O5S.C2HF3O2/c1-17-13-19(21-5-2-3-6-23(21)29-17)16-37-20-10-8-18(9-11-20)26(33)30-24-15-32(14-22(24)27(34)31-36)28(35)25-7-4-12-38-25;3-2(4,5)1(6)7/h2-13,22,24,36H,14-16H2,1H3,(H,30,33)(H,31,34);(H,6,7)/t22-,24+;/m0./s1. The van der Waals surface area contributed by atoms with Crippen LogP contribution in [0.5, 0.6) is 5.75 Å². The van der Waals surface area contributed by atoms with Crippen LogP contribution in [-0.2, 0) is 16.2 Å². The molecule has 1 fully saturated rings. The molecular weight excluding hydrogens is 617 g/mol. The lowest BCUT2D eigenvalue weighted by atomic mass is 10.0. The largest absolute Gasteiger partial charge is 0.490 e. The number of hydroxylamine groups is 1. The number of likely N-dealkylation sites (tertiary alicyclic amines) is 1. The van der Waals surface area contributed by atoms with E-state index in [0.717, 1.165) is 22.2 Å². The van der Waals surface area contributed by atoms with Gasteiger partial charge in [-0.1, -0.05) is 24.3 Å². The van der Waals surface area contributed by atoms with E-state index in [1.165, 1.54) is 16.2 Å². The molecule has 4 N–H and O–H groups in total. The summed E-state index contributed by atoms with van der Waals surface area (Å²) >= 11 is 1.31. The zero-order valence-corrected chi connectivity index (χ0v) is 24.4. The zero-order chi connectivity index (χ0) is 32.7. The summed E-state index contributed by atoms with van der Waals surface area (Å²) in [7, 11) is 0. The number of halogens is 3. The lowest BCUT2D eigenvalue weighted by Crippen LogP contribution is -2.45. The molecule has 0 radical (unpaired) electrons. The molecule has 45 heavy (non-hydrogen) atoms. The minimum Gasteiger partial charge on any atom is -0.489 e. The van der Waals surface area contributed by atoms with Crippen molar-refractivity contribution >= 4 is 45.9 Å². The fourth-order valence-corrected chi connectivity index (χ4v) is 5.34. The fraction of sp³-hybridized carbons (Fsp3) is 0.233. The van der Waals surface area contributed by atoms with Gasteiger partial charge in [0.2, 0.25) is 5.91 Å². The van der Waals surface area contributed by atoms with Gasteiger partial charge in [-0.05, 0) is 54.8 Å². The Morgan fingerprint density at radius 3 is 2.36 bits per heavy atom. The summed E-state index contributed by atoms with van der Waals surface area (Å²) in [6.45, 7) is 2.54. The summed E-state index contributed by atoms with van der Waals surface area (Å²) in [6.07, 6.45) is -5.08. The van der Waals surface area contributed by atoms with E-state index in [1.807, 2.05) is 37.3 Å². The van der Waals surface area contributed by atoms with Gasteiger partial charge >= 0.3 is 12.1 Å². The number of hydrogen-bond donors (Lipinski definition) is 4. The van der Waals surface area contributed by atoms with Gasteiger partial charge in [-0.15, -0.1) is 11.3 Å². The molecule has 0 bridgehead atoms. The number of amides is 3. The van der Waals surface area contributed by atoms with E-state index in [4.69, 9.17) is 14.6 Å². The summed E-state index contributed by atoms with van der Waals surface area (Å²) in [5, 5.41) is 22.0. The van der Waals surface area contributed by atoms with Gasteiger partial charge in [0.15, 0.2) is 0 Å². The van der Waals surface area contributed by atoms with Crippen LogP contribution in [0.1, 0.15) is 31.3 Å². The van der Waals surface area contributed by atoms with Crippen molar-refractivity contribution in [2.24, 2.45) is 5.92 Å². The van der Waals surface area contributed by atoms with Crippen LogP contribution in [0.4, 0.5) is 13.2 Å². The van der Waals surface area contributed by atoms with Crippen molar-refractivity contribution in [1.29, 1.82) is 0 Å². The molecule has 4 aromatic rings. The summed E-state index contributed by atoms with van der Waals surface area (Å²) in [6, 6.07) is 19.4. The fourth-order valence-electron chi connectivity index (χ4n) is 4.65. The number of carboxylic acid groups (broad SMARTS) is 1. The van der Waals surface area contributed by atoms with Gasteiger partial charge in [0.1, 0.15) is 12.4 Å². The number of alkyl halides is 3. The molecule has 2 atom stereocenters. The Morgan fingerprint density at radius 2 is 1.73 bits per heavy atom. The van der Waals surface area contributed by atoms with Crippen LogP contribution < -0.4 is 15.5 Å². The Kier molecular flexibility index (Phi) is 10.4. The van der Waals surface area contributed by atoms with Gasteiger partial charge in [-0.3, -0.25) is 24.6 Å². The molecule has 5 rings (SSSR count). The highest BCUT2D eigenvalue weighted by atomic mass is 32.1.